The topological polar surface area (TPSA) is 43.7 Å². The molecule has 1 amide bonds. The summed E-state index contributed by atoms with van der Waals surface area (Å²) in [4.78, 5) is 15.4. The number of nitrogens with zero attached hydrogens (tertiary/aromatic N) is 2. The van der Waals surface area contributed by atoms with E-state index in [0.717, 1.165) is 12.8 Å². The minimum atomic E-state index is -0.456. The Morgan fingerprint density at radius 2 is 1.81 bits per heavy atom. The van der Waals surface area contributed by atoms with Crippen LogP contribution in [0.15, 0.2) is 54.7 Å². The summed E-state index contributed by atoms with van der Waals surface area (Å²) in [5.74, 6) is -0.233. The highest BCUT2D eigenvalue weighted by Gasteiger charge is 2.41. The highest BCUT2D eigenvalue weighted by molar-refractivity contribution is 5.86. The molecule has 5 heteroatoms. The Balaban J connectivity index is 1.43. The summed E-state index contributed by atoms with van der Waals surface area (Å²) in [5.41, 5.74) is 4.82. The second kappa shape index (κ2) is 8.13. The average Bonchev–Trinajstić information content (AvgIpc) is 3.37. The fourth-order valence-electron chi connectivity index (χ4n) is 5.13. The van der Waals surface area contributed by atoms with Crippen molar-refractivity contribution in [2.45, 2.75) is 37.9 Å². The average molecular weight is 419 g/mol. The molecular weight excluding hydrogens is 388 g/mol. The number of hydrogen-bond acceptors (Lipinski definition) is 3. The Morgan fingerprint density at radius 3 is 2.55 bits per heavy atom. The molecule has 2 aliphatic rings. The zero-order valence-electron chi connectivity index (χ0n) is 18.3. The first-order valence-electron chi connectivity index (χ1n) is 11.2. The standard InChI is InChI=1S/C26H30N2O3/c1-19-6-5-7-20(16-19)22(23-18-27(2)24-9-4-3-8-21(23)24)17-25(29)28-12-10-26(11-13-28)30-14-15-31-26/h3-9,16,18,22H,10-15,17H2,1-2H3. The highest BCUT2D eigenvalue weighted by atomic mass is 16.7. The second-order valence-electron chi connectivity index (χ2n) is 8.87. The lowest BCUT2D eigenvalue weighted by Crippen LogP contribution is -2.47. The van der Waals surface area contributed by atoms with Crippen molar-refractivity contribution in [3.05, 3.63) is 71.4 Å². The Labute approximate surface area is 183 Å². The van der Waals surface area contributed by atoms with Crippen LogP contribution < -0.4 is 0 Å². The molecule has 2 aromatic carbocycles. The van der Waals surface area contributed by atoms with E-state index in [1.54, 1.807) is 0 Å². The summed E-state index contributed by atoms with van der Waals surface area (Å²) in [5, 5.41) is 1.22. The number of benzene rings is 2. The van der Waals surface area contributed by atoms with Crippen LogP contribution in [0.4, 0.5) is 0 Å². The molecule has 3 aromatic rings. The van der Waals surface area contributed by atoms with E-state index in [0.29, 0.717) is 32.7 Å². The summed E-state index contributed by atoms with van der Waals surface area (Å²) in [7, 11) is 2.08. The summed E-state index contributed by atoms with van der Waals surface area (Å²) >= 11 is 0. The minimum absolute atomic E-state index is 0.0216. The minimum Gasteiger partial charge on any atom is -0.350 e. The van der Waals surface area contributed by atoms with Crippen molar-refractivity contribution in [2.24, 2.45) is 7.05 Å². The maximum atomic E-state index is 13.4. The molecule has 1 atom stereocenters. The van der Waals surface area contributed by atoms with Gasteiger partial charge >= 0.3 is 0 Å². The lowest BCUT2D eigenvalue weighted by molar-refractivity contribution is -0.187. The molecule has 5 rings (SSSR count). The van der Waals surface area contributed by atoms with Gasteiger partial charge in [-0.05, 0) is 24.1 Å². The molecule has 0 N–H and O–H groups in total. The van der Waals surface area contributed by atoms with Crippen LogP contribution in [0.5, 0.6) is 0 Å². The van der Waals surface area contributed by atoms with Gasteiger partial charge in [-0.1, -0.05) is 48.0 Å². The normalized spacial score (nSPS) is 19.2. The van der Waals surface area contributed by atoms with E-state index in [-0.39, 0.29) is 11.8 Å². The molecule has 0 saturated carbocycles. The van der Waals surface area contributed by atoms with Gasteiger partial charge in [0.2, 0.25) is 5.91 Å². The highest BCUT2D eigenvalue weighted by Crippen LogP contribution is 2.36. The van der Waals surface area contributed by atoms with Gasteiger partial charge < -0.3 is 18.9 Å². The van der Waals surface area contributed by atoms with Crippen LogP contribution in [0.25, 0.3) is 10.9 Å². The fraction of sp³-hybridized carbons (Fsp3) is 0.423. The van der Waals surface area contributed by atoms with E-state index in [9.17, 15) is 4.79 Å². The number of aromatic nitrogens is 1. The van der Waals surface area contributed by atoms with E-state index in [2.05, 4.69) is 73.3 Å². The number of para-hydroxylation sites is 1. The van der Waals surface area contributed by atoms with E-state index in [4.69, 9.17) is 9.47 Å². The number of hydrogen-bond donors (Lipinski definition) is 0. The van der Waals surface area contributed by atoms with Gasteiger partial charge in [-0.15, -0.1) is 0 Å². The van der Waals surface area contributed by atoms with Crippen LogP contribution in [0.2, 0.25) is 0 Å². The number of piperidine rings is 1. The Kier molecular flexibility index (Phi) is 5.32. The maximum absolute atomic E-state index is 13.4. The Morgan fingerprint density at radius 1 is 1.06 bits per heavy atom. The van der Waals surface area contributed by atoms with Crippen LogP contribution in [-0.2, 0) is 21.3 Å². The molecule has 1 spiro atoms. The number of ether oxygens (including phenoxy) is 2. The van der Waals surface area contributed by atoms with Crippen LogP contribution >= 0.6 is 0 Å². The van der Waals surface area contributed by atoms with Crippen LogP contribution in [0, 0.1) is 6.92 Å². The molecule has 0 aliphatic carbocycles. The first kappa shape index (κ1) is 20.3. The van der Waals surface area contributed by atoms with Crippen molar-refractivity contribution in [1.29, 1.82) is 0 Å². The number of rotatable bonds is 4. The Hall–Kier alpha value is -2.63. The van der Waals surface area contributed by atoms with Crippen LogP contribution in [0.1, 0.15) is 41.9 Å². The third-order valence-corrected chi connectivity index (χ3v) is 6.82. The first-order chi connectivity index (χ1) is 15.0. The summed E-state index contributed by atoms with van der Waals surface area (Å²) in [6.45, 7) is 4.80. The summed E-state index contributed by atoms with van der Waals surface area (Å²) in [6.07, 6.45) is 4.16. The van der Waals surface area contributed by atoms with Gasteiger partial charge in [0, 0.05) is 62.4 Å². The van der Waals surface area contributed by atoms with Crippen molar-refractivity contribution < 1.29 is 14.3 Å². The molecule has 2 fully saturated rings. The molecule has 2 saturated heterocycles. The van der Waals surface area contributed by atoms with Crippen molar-refractivity contribution in [3.8, 4) is 0 Å². The SMILES string of the molecule is Cc1cccc(C(CC(=O)N2CCC3(CC2)OCCO3)c2cn(C)c3ccccc23)c1. The van der Waals surface area contributed by atoms with E-state index in [1.807, 2.05) is 4.90 Å². The number of carbonyl (C=O) groups is 1. The number of amides is 1. The van der Waals surface area contributed by atoms with Gasteiger partial charge in [0.15, 0.2) is 5.79 Å². The first-order valence-corrected chi connectivity index (χ1v) is 11.2. The Bertz CT molecular complexity index is 1090. The van der Waals surface area contributed by atoms with Gasteiger partial charge in [-0.25, -0.2) is 0 Å². The van der Waals surface area contributed by atoms with Gasteiger partial charge in [0.25, 0.3) is 0 Å². The quantitative estimate of drug-likeness (QED) is 0.632. The number of carbonyl (C=O) groups excluding carboxylic acids is 1. The molecule has 5 nitrogen and oxygen atoms in total. The fourth-order valence-corrected chi connectivity index (χ4v) is 5.13. The second-order valence-corrected chi connectivity index (χ2v) is 8.87. The lowest BCUT2D eigenvalue weighted by atomic mass is 9.87. The van der Waals surface area contributed by atoms with Gasteiger partial charge in [0.1, 0.15) is 0 Å². The number of aryl methyl sites for hydroxylation is 2. The third-order valence-electron chi connectivity index (χ3n) is 6.82. The summed E-state index contributed by atoms with van der Waals surface area (Å²) < 4.78 is 13.8. The van der Waals surface area contributed by atoms with Gasteiger partial charge in [-0.3, -0.25) is 4.79 Å². The maximum Gasteiger partial charge on any atom is 0.223 e. The van der Waals surface area contributed by atoms with Crippen LogP contribution in [-0.4, -0.2) is 47.5 Å². The zero-order valence-corrected chi connectivity index (χ0v) is 18.3. The molecule has 1 aromatic heterocycles. The predicted octanol–water partition coefficient (Wildman–Crippen LogP) is 4.37. The van der Waals surface area contributed by atoms with E-state index < -0.39 is 5.79 Å². The monoisotopic (exact) mass is 418 g/mol. The number of likely N-dealkylation sites (tertiary alicyclic amines) is 1. The van der Waals surface area contributed by atoms with Gasteiger partial charge in [-0.2, -0.15) is 0 Å². The van der Waals surface area contributed by atoms with Crippen LogP contribution in [0.3, 0.4) is 0 Å². The zero-order chi connectivity index (χ0) is 21.4. The van der Waals surface area contributed by atoms with E-state index in [1.165, 1.54) is 27.6 Å². The molecule has 162 valence electrons. The van der Waals surface area contributed by atoms with Crippen molar-refractivity contribution in [1.82, 2.24) is 9.47 Å². The molecule has 2 aliphatic heterocycles. The van der Waals surface area contributed by atoms with E-state index >= 15 is 0 Å². The molecular formula is C26H30N2O3. The van der Waals surface area contributed by atoms with Crippen molar-refractivity contribution in [2.75, 3.05) is 26.3 Å². The molecule has 31 heavy (non-hydrogen) atoms. The molecule has 1 unspecified atom stereocenters. The van der Waals surface area contributed by atoms with Gasteiger partial charge in [0.05, 0.1) is 13.2 Å². The molecule has 0 bridgehead atoms. The summed E-state index contributed by atoms with van der Waals surface area (Å²) in [6, 6.07) is 17.0. The lowest BCUT2D eigenvalue weighted by Gasteiger charge is -2.38. The molecule has 0 radical (unpaired) electrons. The smallest absolute Gasteiger partial charge is 0.223 e. The van der Waals surface area contributed by atoms with Crippen molar-refractivity contribution >= 4 is 16.8 Å². The molecule has 3 heterocycles. The largest absolute Gasteiger partial charge is 0.350 e. The third kappa shape index (κ3) is 3.88. The predicted molar refractivity (Wildman–Crippen MR) is 121 cm³/mol. The number of fused-ring (bicyclic) bond motifs is 1. The van der Waals surface area contributed by atoms with Crippen molar-refractivity contribution in [3.63, 3.8) is 0 Å².